The van der Waals surface area contributed by atoms with Crippen molar-refractivity contribution >= 4 is 11.9 Å². The molecule has 5 nitrogen and oxygen atoms in total. The molecule has 1 atom stereocenters. The van der Waals surface area contributed by atoms with Gasteiger partial charge in [-0.15, -0.1) is 0 Å². The maximum absolute atomic E-state index is 12.2. The molecule has 1 heterocycles. The Bertz CT molecular complexity index is 327. The molecule has 20 heavy (non-hydrogen) atoms. The van der Waals surface area contributed by atoms with Crippen molar-refractivity contribution in [3.63, 3.8) is 0 Å². The van der Waals surface area contributed by atoms with Crippen LogP contribution in [0, 0.1) is 11.8 Å². The number of hydrogen-bond donors (Lipinski definition) is 1. The van der Waals surface area contributed by atoms with Gasteiger partial charge in [0.25, 0.3) is 0 Å². The molecule has 1 N–H and O–H groups in total. The highest BCUT2D eigenvalue weighted by Gasteiger charge is 2.29. The van der Waals surface area contributed by atoms with E-state index in [-0.39, 0.29) is 17.9 Å². The molecule has 1 fully saturated rings. The smallest absolute Gasteiger partial charge is 0.319 e. The van der Waals surface area contributed by atoms with E-state index in [1.165, 1.54) is 0 Å². The summed E-state index contributed by atoms with van der Waals surface area (Å²) in [5.41, 5.74) is 0. The van der Waals surface area contributed by atoms with E-state index in [2.05, 4.69) is 19.2 Å². The fourth-order valence-electron chi connectivity index (χ4n) is 2.61. The summed E-state index contributed by atoms with van der Waals surface area (Å²) in [6.07, 6.45) is 3.97. The van der Waals surface area contributed by atoms with Crippen molar-refractivity contribution in [3.05, 3.63) is 0 Å². The monoisotopic (exact) mass is 283 g/mol. The Labute approximate surface area is 122 Å². The topological polar surface area (TPSA) is 52.7 Å². The average Bonchev–Trinajstić information content (AvgIpc) is 2.47. The molecule has 1 aliphatic rings. The second kappa shape index (κ2) is 8.12. The quantitative estimate of drug-likeness (QED) is 0.838. The Morgan fingerprint density at radius 2 is 1.95 bits per heavy atom. The molecule has 5 heteroatoms. The van der Waals surface area contributed by atoms with Gasteiger partial charge in [-0.05, 0) is 18.8 Å². The zero-order chi connectivity index (χ0) is 15.1. The first-order chi connectivity index (χ1) is 9.49. The Kier molecular flexibility index (Phi) is 6.82. The first-order valence-corrected chi connectivity index (χ1v) is 7.73. The standard InChI is InChI=1S/C15H29N3O2/c1-5-12(6-2)10-16-14(19)13-8-7-9-18(11-13)15(20)17(3)4/h12-13H,5-11H2,1-4H3,(H,16,19). The third-order valence-electron chi connectivity index (χ3n) is 4.16. The second-order valence-electron chi connectivity index (χ2n) is 5.89. The SMILES string of the molecule is CCC(CC)CNC(=O)C1CCCN(C(=O)N(C)C)C1. The van der Waals surface area contributed by atoms with Crippen molar-refractivity contribution in [2.75, 3.05) is 33.7 Å². The van der Waals surface area contributed by atoms with Crippen molar-refractivity contribution in [3.8, 4) is 0 Å². The molecule has 0 aromatic rings. The van der Waals surface area contributed by atoms with E-state index < -0.39 is 0 Å². The summed E-state index contributed by atoms with van der Waals surface area (Å²) >= 11 is 0. The van der Waals surface area contributed by atoms with Crippen LogP contribution in [0.5, 0.6) is 0 Å². The summed E-state index contributed by atoms with van der Waals surface area (Å²) in [6.45, 7) is 6.36. The highest BCUT2D eigenvalue weighted by atomic mass is 16.2. The number of carbonyl (C=O) groups is 2. The third-order valence-corrected chi connectivity index (χ3v) is 4.16. The molecule has 0 bridgehead atoms. The molecule has 0 radical (unpaired) electrons. The minimum Gasteiger partial charge on any atom is -0.356 e. The molecular formula is C15H29N3O2. The van der Waals surface area contributed by atoms with Crippen molar-refractivity contribution in [1.29, 1.82) is 0 Å². The van der Waals surface area contributed by atoms with Crippen LogP contribution in [-0.2, 0) is 4.79 Å². The molecule has 0 aliphatic carbocycles. The Balaban J connectivity index is 2.46. The van der Waals surface area contributed by atoms with Crippen LogP contribution in [0.4, 0.5) is 4.79 Å². The first kappa shape index (κ1) is 16.8. The first-order valence-electron chi connectivity index (χ1n) is 7.73. The van der Waals surface area contributed by atoms with Gasteiger partial charge >= 0.3 is 6.03 Å². The van der Waals surface area contributed by atoms with Crippen LogP contribution in [0.25, 0.3) is 0 Å². The van der Waals surface area contributed by atoms with E-state index in [4.69, 9.17) is 0 Å². The van der Waals surface area contributed by atoms with Gasteiger partial charge in [0.1, 0.15) is 0 Å². The molecule has 0 aromatic heterocycles. The highest BCUT2D eigenvalue weighted by molar-refractivity contribution is 5.80. The number of rotatable bonds is 5. The number of hydrogen-bond acceptors (Lipinski definition) is 2. The van der Waals surface area contributed by atoms with Crippen molar-refractivity contribution in [2.24, 2.45) is 11.8 Å². The molecule has 0 aromatic carbocycles. The number of nitrogens with one attached hydrogen (secondary N) is 1. The van der Waals surface area contributed by atoms with Crippen LogP contribution in [0.3, 0.4) is 0 Å². The van der Waals surface area contributed by atoms with Crippen LogP contribution < -0.4 is 5.32 Å². The van der Waals surface area contributed by atoms with E-state index in [1.807, 2.05) is 0 Å². The predicted molar refractivity (Wildman–Crippen MR) is 80.5 cm³/mol. The number of likely N-dealkylation sites (tertiary alicyclic amines) is 1. The van der Waals surface area contributed by atoms with Gasteiger partial charge in [0.2, 0.25) is 5.91 Å². The lowest BCUT2D eigenvalue weighted by atomic mass is 9.96. The van der Waals surface area contributed by atoms with Crippen LogP contribution >= 0.6 is 0 Å². The maximum atomic E-state index is 12.2. The summed E-state index contributed by atoms with van der Waals surface area (Å²) in [5.74, 6) is 0.609. The number of carbonyl (C=O) groups excluding carboxylic acids is 2. The average molecular weight is 283 g/mol. The van der Waals surface area contributed by atoms with Gasteiger partial charge in [-0.1, -0.05) is 26.7 Å². The van der Waals surface area contributed by atoms with Crippen molar-refractivity contribution in [1.82, 2.24) is 15.1 Å². The van der Waals surface area contributed by atoms with Gasteiger partial charge < -0.3 is 15.1 Å². The van der Waals surface area contributed by atoms with Gasteiger partial charge in [-0.3, -0.25) is 4.79 Å². The van der Waals surface area contributed by atoms with Gasteiger partial charge in [0.15, 0.2) is 0 Å². The van der Waals surface area contributed by atoms with Gasteiger partial charge in [0, 0.05) is 33.7 Å². The molecule has 1 aliphatic heterocycles. The Morgan fingerprint density at radius 1 is 1.30 bits per heavy atom. The number of nitrogens with zero attached hydrogens (tertiary/aromatic N) is 2. The largest absolute Gasteiger partial charge is 0.356 e. The minimum absolute atomic E-state index is 0.00231. The maximum Gasteiger partial charge on any atom is 0.319 e. The Hall–Kier alpha value is -1.26. The zero-order valence-electron chi connectivity index (χ0n) is 13.3. The summed E-state index contributed by atoms with van der Waals surface area (Å²) in [4.78, 5) is 27.5. The fraction of sp³-hybridized carbons (Fsp3) is 0.867. The van der Waals surface area contributed by atoms with E-state index in [0.717, 1.165) is 38.8 Å². The molecular weight excluding hydrogens is 254 g/mol. The summed E-state index contributed by atoms with van der Waals surface area (Å²) in [5, 5.41) is 3.05. The molecule has 0 spiro atoms. The summed E-state index contributed by atoms with van der Waals surface area (Å²) in [7, 11) is 3.50. The third kappa shape index (κ3) is 4.69. The minimum atomic E-state index is -0.0537. The lowest BCUT2D eigenvalue weighted by molar-refractivity contribution is -0.126. The molecule has 3 amide bonds. The van der Waals surface area contributed by atoms with Crippen molar-refractivity contribution in [2.45, 2.75) is 39.5 Å². The van der Waals surface area contributed by atoms with Gasteiger partial charge in [0.05, 0.1) is 5.92 Å². The lowest BCUT2D eigenvalue weighted by Crippen LogP contribution is -2.48. The molecule has 1 rings (SSSR count). The van der Waals surface area contributed by atoms with Gasteiger partial charge in [-0.25, -0.2) is 4.79 Å². The second-order valence-corrected chi connectivity index (χ2v) is 5.89. The van der Waals surface area contributed by atoms with Crippen molar-refractivity contribution < 1.29 is 9.59 Å². The zero-order valence-corrected chi connectivity index (χ0v) is 13.3. The van der Waals surface area contributed by atoms with Crippen LogP contribution in [-0.4, -0.2) is 55.5 Å². The highest BCUT2D eigenvalue weighted by Crippen LogP contribution is 2.18. The number of amides is 3. The molecule has 0 saturated carbocycles. The van der Waals surface area contributed by atoms with Crippen LogP contribution in [0.2, 0.25) is 0 Å². The van der Waals surface area contributed by atoms with E-state index in [0.29, 0.717) is 12.5 Å². The summed E-state index contributed by atoms with van der Waals surface area (Å²) in [6, 6.07) is 0.00231. The normalized spacial score (nSPS) is 19.1. The van der Waals surface area contributed by atoms with E-state index in [9.17, 15) is 9.59 Å². The number of urea groups is 1. The van der Waals surface area contributed by atoms with Crippen LogP contribution in [0.1, 0.15) is 39.5 Å². The predicted octanol–water partition coefficient (Wildman–Crippen LogP) is 1.93. The number of piperidine rings is 1. The van der Waals surface area contributed by atoms with Gasteiger partial charge in [-0.2, -0.15) is 0 Å². The summed E-state index contributed by atoms with van der Waals surface area (Å²) < 4.78 is 0. The fourth-order valence-corrected chi connectivity index (χ4v) is 2.61. The lowest BCUT2D eigenvalue weighted by Gasteiger charge is -2.33. The Morgan fingerprint density at radius 3 is 2.50 bits per heavy atom. The molecule has 1 saturated heterocycles. The van der Waals surface area contributed by atoms with Crippen LogP contribution in [0.15, 0.2) is 0 Å². The molecule has 1 unspecified atom stereocenters. The molecule has 116 valence electrons. The van der Waals surface area contributed by atoms with E-state index in [1.54, 1.807) is 23.9 Å². The van der Waals surface area contributed by atoms with E-state index >= 15 is 0 Å².